The van der Waals surface area contributed by atoms with Gasteiger partial charge >= 0.3 is 0 Å². The molecule has 20 heavy (non-hydrogen) atoms. The van der Waals surface area contributed by atoms with Crippen molar-refractivity contribution in [3.8, 4) is 6.07 Å². The van der Waals surface area contributed by atoms with Crippen LogP contribution in [0.2, 0.25) is 0 Å². The molecule has 1 unspecified atom stereocenters. The molecule has 102 valence electrons. The minimum atomic E-state index is -0.948. The van der Waals surface area contributed by atoms with E-state index < -0.39 is 23.5 Å². The van der Waals surface area contributed by atoms with Crippen LogP contribution in [0.4, 0.5) is 18.9 Å². The molecular weight excluding hydrogens is 265 g/mol. The Kier molecular flexibility index (Phi) is 3.94. The Morgan fingerprint density at radius 3 is 2.35 bits per heavy atom. The summed E-state index contributed by atoms with van der Waals surface area (Å²) in [5.74, 6) is -2.44. The smallest absolute Gasteiger partial charge is 0.159 e. The molecule has 1 N–H and O–H groups in total. The molecule has 2 nitrogen and oxygen atoms in total. The number of benzene rings is 2. The van der Waals surface area contributed by atoms with Crippen molar-refractivity contribution < 1.29 is 13.2 Å². The third kappa shape index (κ3) is 2.91. The van der Waals surface area contributed by atoms with E-state index in [1.165, 1.54) is 18.2 Å². The normalized spacial score (nSPS) is 11.8. The van der Waals surface area contributed by atoms with Crippen molar-refractivity contribution in [1.29, 1.82) is 5.26 Å². The van der Waals surface area contributed by atoms with Crippen LogP contribution in [0.1, 0.15) is 24.1 Å². The van der Waals surface area contributed by atoms with E-state index in [0.29, 0.717) is 5.56 Å². The summed E-state index contributed by atoms with van der Waals surface area (Å²) >= 11 is 0. The lowest BCUT2D eigenvalue weighted by Gasteiger charge is -2.16. The predicted molar refractivity (Wildman–Crippen MR) is 69.5 cm³/mol. The first-order valence-electron chi connectivity index (χ1n) is 5.92. The zero-order valence-electron chi connectivity index (χ0n) is 10.6. The molecule has 0 aliphatic heterocycles. The Balaban J connectivity index is 2.21. The topological polar surface area (TPSA) is 35.8 Å². The van der Waals surface area contributed by atoms with E-state index in [1.807, 2.05) is 6.07 Å². The fourth-order valence-electron chi connectivity index (χ4n) is 1.80. The van der Waals surface area contributed by atoms with Gasteiger partial charge in [-0.25, -0.2) is 13.2 Å². The summed E-state index contributed by atoms with van der Waals surface area (Å²) in [6.07, 6.45) is 0. The summed E-state index contributed by atoms with van der Waals surface area (Å²) in [5, 5.41) is 11.5. The molecule has 0 amide bonds. The number of anilines is 1. The van der Waals surface area contributed by atoms with Gasteiger partial charge in [-0.2, -0.15) is 5.26 Å². The van der Waals surface area contributed by atoms with Gasteiger partial charge in [-0.3, -0.25) is 0 Å². The van der Waals surface area contributed by atoms with Gasteiger partial charge in [0.25, 0.3) is 0 Å². The highest BCUT2D eigenvalue weighted by molar-refractivity contribution is 5.50. The number of rotatable bonds is 3. The zero-order valence-corrected chi connectivity index (χ0v) is 10.6. The third-order valence-electron chi connectivity index (χ3n) is 2.91. The van der Waals surface area contributed by atoms with Crippen molar-refractivity contribution in [2.24, 2.45) is 0 Å². The lowest BCUT2D eigenvalue weighted by atomic mass is 10.1. The molecule has 0 saturated heterocycles. The second-order valence-electron chi connectivity index (χ2n) is 4.35. The first-order chi connectivity index (χ1) is 9.51. The molecule has 0 aliphatic rings. The van der Waals surface area contributed by atoms with Crippen LogP contribution in [0, 0.1) is 28.8 Å². The molecule has 0 bridgehead atoms. The Morgan fingerprint density at radius 2 is 1.75 bits per heavy atom. The Labute approximate surface area is 114 Å². The van der Waals surface area contributed by atoms with Crippen LogP contribution < -0.4 is 5.32 Å². The van der Waals surface area contributed by atoms with Crippen LogP contribution in [0.3, 0.4) is 0 Å². The maximum absolute atomic E-state index is 13.7. The van der Waals surface area contributed by atoms with E-state index in [9.17, 15) is 13.2 Å². The van der Waals surface area contributed by atoms with Crippen LogP contribution in [-0.2, 0) is 0 Å². The number of halogens is 3. The maximum Gasteiger partial charge on any atom is 0.159 e. The second kappa shape index (κ2) is 5.66. The minimum Gasteiger partial charge on any atom is -0.376 e. The first kappa shape index (κ1) is 13.9. The van der Waals surface area contributed by atoms with Crippen molar-refractivity contribution in [3.63, 3.8) is 0 Å². The van der Waals surface area contributed by atoms with Gasteiger partial charge < -0.3 is 5.32 Å². The molecule has 0 aliphatic carbocycles. The highest BCUT2D eigenvalue weighted by Gasteiger charge is 2.11. The summed E-state index contributed by atoms with van der Waals surface area (Å²) in [4.78, 5) is 0. The van der Waals surface area contributed by atoms with Crippen molar-refractivity contribution in [2.75, 3.05) is 5.32 Å². The minimum absolute atomic E-state index is 0.196. The monoisotopic (exact) mass is 276 g/mol. The molecule has 0 heterocycles. The average molecular weight is 276 g/mol. The van der Waals surface area contributed by atoms with Crippen molar-refractivity contribution in [2.45, 2.75) is 13.0 Å². The molecule has 0 saturated carbocycles. The third-order valence-corrected chi connectivity index (χ3v) is 2.91. The molecule has 0 radical (unpaired) electrons. The van der Waals surface area contributed by atoms with E-state index in [4.69, 9.17) is 5.26 Å². The van der Waals surface area contributed by atoms with Gasteiger partial charge in [0.1, 0.15) is 5.82 Å². The van der Waals surface area contributed by atoms with Gasteiger partial charge in [-0.1, -0.05) is 6.07 Å². The predicted octanol–water partition coefficient (Wildman–Crippen LogP) is 4.15. The highest BCUT2D eigenvalue weighted by atomic mass is 19.2. The number of nitrogens with zero attached hydrogens (tertiary/aromatic N) is 1. The fourth-order valence-corrected chi connectivity index (χ4v) is 1.80. The highest BCUT2D eigenvalue weighted by Crippen LogP contribution is 2.23. The van der Waals surface area contributed by atoms with Gasteiger partial charge in [0, 0.05) is 6.04 Å². The molecule has 0 aromatic heterocycles. The lowest BCUT2D eigenvalue weighted by Crippen LogP contribution is -2.08. The molecule has 5 heteroatoms. The molecule has 0 fully saturated rings. The largest absolute Gasteiger partial charge is 0.376 e. The summed E-state index contributed by atoms with van der Waals surface area (Å²) in [6.45, 7) is 1.70. The quantitative estimate of drug-likeness (QED) is 0.914. The number of hydrogen-bond acceptors (Lipinski definition) is 2. The molecule has 1 atom stereocenters. The SMILES string of the molecule is CC(Nc1ccc(C#N)cc1F)c1ccc(F)c(F)c1. The van der Waals surface area contributed by atoms with E-state index in [0.717, 1.165) is 18.2 Å². The molecular formula is C15H11F3N2. The Morgan fingerprint density at radius 1 is 1.00 bits per heavy atom. The van der Waals surface area contributed by atoms with Crippen molar-refractivity contribution in [3.05, 3.63) is 65.0 Å². The summed E-state index contributed by atoms with van der Waals surface area (Å²) in [7, 11) is 0. The van der Waals surface area contributed by atoms with E-state index >= 15 is 0 Å². The van der Waals surface area contributed by atoms with Crippen LogP contribution >= 0.6 is 0 Å². The first-order valence-corrected chi connectivity index (χ1v) is 5.92. The lowest BCUT2D eigenvalue weighted by molar-refractivity contribution is 0.506. The van der Waals surface area contributed by atoms with Gasteiger partial charge in [-0.05, 0) is 42.8 Å². The van der Waals surface area contributed by atoms with E-state index in [-0.39, 0.29) is 11.3 Å². The fraction of sp³-hybridized carbons (Fsp3) is 0.133. The van der Waals surface area contributed by atoms with Crippen LogP contribution in [-0.4, -0.2) is 0 Å². The van der Waals surface area contributed by atoms with Gasteiger partial charge in [0.2, 0.25) is 0 Å². The molecule has 2 aromatic carbocycles. The standard InChI is InChI=1S/C15H11F3N2/c1-9(11-3-4-12(16)13(17)7-11)20-15-5-2-10(8-19)6-14(15)18/h2-7,9,20H,1H3. The summed E-state index contributed by atoms with van der Waals surface area (Å²) in [6, 6.07) is 8.96. The summed E-state index contributed by atoms with van der Waals surface area (Å²) in [5.41, 5.74) is 0.905. The Hall–Kier alpha value is -2.48. The van der Waals surface area contributed by atoms with E-state index in [1.54, 1.807) is 6.92 Å². The molecule has 0 spiro atoms. The number of nitriles is 1. The van der Waals surface area contributed by atoms with Gasteiger partial charge in [0.05, 0.1) is 17.3 Å². The number of nitrogens with one attached hydrogen (secondary N) is 1. The van der Waals surface area contributed by atoms with Gasteiger partial charge in [0.15, 0.2) is 11.6 Å². The second-order valence-corrected chi connectivity index (χ2v) is 4.35. The number of hydrogen-bond donors (Lipinski definition) is 1. The van der Waals surface area contributed by atoms with Crippen LogP contribution in [0.15, 0.2) is 36.4 Å². The zero-order chi connectivity index (χ0) is 14.7. The average Bonchev–Trinajstić information content (AvgIpc) is 2.43. The van der Waals surface area contributed by atoms with Crippen molar-refractivity contribution in [1.82, 2.24) is 0 Å². The molecule has 2 aromatic rings. The van der Waals surface area contributed by atoms with Crippen LogP contribution in [0.5, 0.6) is 0 Å². The van der Waals surface area contributed by atoms with Crippen LogP contribution in [0.25, 0.3) is 0 Å². The molecule has 2 rings (SSSR count). The Bertz CT molecular complexity index is 677. The van der Waals surface area contributed by atoms with Crippen molar-refractivity contribution >= 4 is 5.69 Å². The summed E-state index contributed by atoms with van der Waals surface area (Å²) < 4.78 is 39.7. The van der Waals surface area contributed by atoms with E-state index in [2.05, 4.69) is 5.32 Å². The van der Waals surface area contributed by atoms with Gasteiger partial charge in [-0.15, -0.1) is 0 Å². The maximum atomic E-state index is 13.7.